The zero-order valence-corrected chi connectivity index (χ0v) is 24.4. The highest BCUT2D eigenvalue weighted by molar-refractivity contribution is 6.34. The molecule has 2 rings (SSSR count). The first-order valence-electron chi connectivity index (χ1n) is 13.4. The number of nitrogens with one attached hydrogen (secondary N) is 2. The quantitative estimate of drug-likeness (QED) is 0.228. The predicted molar refractivity (Wildman–Crippen MR) is 157 cm³/mol. The number of carbonyl (C=O) groups is 3. The molecule has 2 aromatic rings. The minimum atomic E-state index is -0.980. The molecule has 2 N–H and O–H groups in total. The Morgan fingerprint density at radius 1 is 1.05 bits per heavy atom. The van der Waals surface area contributed by atoms with E-state index in [1.165, 1.54) is 4.90 Å². The van der Waals surface area contributed by atoms with Gasteiger partial charge in [0.05, 0.1) is 10.7 Å². The molecule has 0 bridgehead atoms. The molecule has 0 heterocycles. The van der Waals surface area contributed by atoms with Crippen LogP contribution >= 0.6 is 11.6 Å². The second-order valence-electron chi connectivity index (χ2n) is 10.4. The summed E-state index contributed by atoms with van der Waals surface area (Å²) in [5.41, 5.74) is 1.82. The molecule has 0 spiro atoms. The summed E-state index contributed by atoms with van der Waals surface area (Å²) in [5, 5.41) is 5.86. The molecule has 0 aliphatic heterocycles. The summed E-state index contributed by atoms with van der Waals surface area (Å²) < 4.78 is 5.28. The molecule has 0 fully saturated rings. The smallest absolute Gasteiger partial charge is 0.408 e. The zero-order chi connectivity index (χ0) is 29.0. The molecule has 0 aliphatic rings. The van der Waals surface area contributed by atoms with Gasteiger partial charge in [-0.05, 0) is 63.4 Å². The molecular weight excluding hydrogens is 514 g/mol. The number of anilines is 1. The van der Waals surface area contributed by atoms with Crippen LogP contribution in [0.15, 0.2) is 42.5 Å². The number of ether oxygens (including phenoxy) is 1. The largest absolute Gasteiger partial charge is 0.444 e. The molecule has 39 heavy (non-hydrogen) atoms. The highest BCUT2D eigenvalue weighted by atomic mass is 35.5. The van der Waals surface area contributed by atoms with Gasteiger partial charge in [-0.3, -0.25) is 9.59 Å². The van der Waals surface area contributed by atoms with Crippen molar-refractivity contribution in [2.24, 2.45) is 0 Å². The average Bonchev–Trinajstić information content (AvgIpc) is 2.88. The zero-order valence-electron chi connectivity index (χ0n) is 23.6. The first kappa shape index (κ1) is 31.7. The molecular formula is C31H40ClN3O4. The van der Waals surface area contributed by atoms with E-state index in [-0.39, 0.29) is 6.54 Å². The van der Waals surface area contributed by atoms with Crippen LogP contribution in [0.2, 0.25) is 5.02 Å². The first-order valence-corrected chi connectivity index (χ1v) is 13.7. The van der Waals surface area contributed by atoms with Gasteiger partial charge < -0.3 is 20.3 Å². The minimum absolute atomic E-state index is 0.318. The number of para-hydroxylation sites is 1. The predicted octanol–water partition coefficient (Wildman–Crippen LogP) is 6.63. The van der Waals surface area contributed by atoms with Crippen molar-refractivity contribution in [2.75, 3.05) is 18.4 Å². The van der Waals surface area contributed by atoms with Crippen LogP contribution < -0.4 is 10.6 Å². The third-order valence-electron chi connectivity index (χ3n) is 6.03. The molecule has 8 heteroatoms. The minimum Gasteiger partial charge on any atom is -0.444 e. The Kier molecular flexibility index (Phi) is 12.3. The number of carbonyl (C=O) groups excluding carboxylic acids is 3. The molecule has 0 saturated carbocycles. The Hall–Kier alpha value is -3.50. The number of unbranched alkanes of at least 4 members (excludes halogenated alkanes) is 4. The van der Waals surface area contributed by atoms with Gasteiger partial charge in [0.25, 0.3) is 5.91 Å². The van der Waals surface area contributed by atoms with Gasteiger partial charge in [0, 0.05) is 12.1 Å². The molecule has 1 atom stereocenters. The van der Waals surface area contributed by atoms with Crippen molar-refractivity contribution >= 4 is 35.2 Å². The second-order valence-corrected chi connectivity index (χ2v) is 10.9. The number of terminal acetylenes is 1. The fourth-order valence-corrected chi connectivity index (χ4v) is 4.33. The lowest BCUT2D eigenvalue weighted by atomic mass is 10.0. The lowest BCUT2D eigenvalue weighted by molar-refractivity contribution is -0.138. The van der Waals surface area contributed by atoms with Crippen molar-refractivity contribution in [3.8, 4) is 12.3 Å². The van der Waals surface area contributed by atoms with Gasteiger partial charge in [-0.2, -0.15) is 0 Å². The van der Waals surface area contributed by atoms with Crippen molar-refractivity contribution in [3.05, 3.63) is 64.2 Å². The Morgan fingerprint density at radius 2 is 1.72 bits per heavy atom. The number of aryl methyl sites for hydroxylation is 1. The van der Waals surface area contributed by atoms with Crippen LogP contribution in [0.25, 0.3) is 0 Å². The van der Waals surface area contributed by atoms with Gasteiger partial charge in [0.15, 0.2) is 0 Å². The number of benzene rings is 2. The highest BCUT2D eigenvalue weighted by Gasteiger charge is 2.32. The maximum Gasteiger partial charge on any atom is 0.408 e. The van der Waals surface area contributed by atoms with Crippen LogP contribution in [0, 0.1) is 19.3 Å². The fraction of sp³-hybridized carbons (Fsp3) is 0.452. The monoisotopic (exact) mass is 553 g/mol. The third-order valence-corrected chi connectivity index (χ3v) is 6.34. The van der Waals surface area contributed by atoms with Gasteiger partial charge in [-0.25, -0.2) is 4.79 Å². The van der Waals surface area contributed by atoms with Gasteiger partial charge in [-0.1, -0.05) is 74.4 Å². The molecule has 0 radical (unpaired) electrons. The molecule has 3 amide bonds. The van der Waals surface area contributed by atoms with Crippen LogP contribution in [-0.4, -0.2) is 41.5 Å². The molecule has 0 aliphatic carbocycles. The molecule has 7 nitrogen and oxygen atoms in total. The van der Waals surface area contributed by atoms with Crippen molar-refractivity contribution in [2.45, 2.75) is 78.4 Å². The summed E-state index contributed by atoms with van der Waals surface area (Å²) >= 11 is 6.40. The normalized spacial score (nSPS) is 11.7. The van der Waals surface area contributed by atoms with Crippen molar-refractivity contribution in [3.63, 3.8) is 0 Å². The SMILES string of the molecule is C#Cc1ccc(C(C(=O)Nc2c(C)cccc2Cl)N(CCCCCCC)C(=O)CNC(=O)OC(C)(C)C)cc1. The summed E-state index contributed by atoms with van der Waals surface area (Å²) in [4.78, 5) is 41.2. The maximum absolute atomic E-state index is 13.9. The van der Waals surface area contributed by atoms with E-state index in [9.17, 15) is 14.4 Å². The van der Waals surface area contributed by atoms with Gasteiger partial charge in [0.1, 0.15) is 18.2 Å². The van der Waals surface area contributed by atoms with Crippen LogP contribution in [0.3, 0.4) is 0 Å². The Labute approximate surface area is 237 Å². The van der Waals surface area contributed by atoms with Crippen LogP contribution in [-0.2, 0) is 14.3 Å². The standard InChI is InChI=1S/C31H40ClN3O4/c1-7-9-10-11-12-20-35(26(36)21-33-30(38)39-31(4,5)6)28(24-18-16-23(8-2)17-19-24)29(37)34-27-22(3)14-13-15-25(27)32/h2,13-19,28H,7,9-12,20-21H2,1,3-6H3,(H,33,38)(H,34,37). The number of rotatable bonds is 12. The number of alkyl carbamates (subject to hydrolysis) is 1. The van der Waals surface area contributed by atoms with Gasteiger partial charge in [-0.15, -0.1) is 6.42 Å². The average molecular weight is 554 g/mol. The maximum atomic E-state index is 13.9. The molecule has 0 saturated heterocycles. The van der Waals surface area contributed by atoms with Crippen molar-refractivity contribution in [1.29, 1.82) is 0 Å². The summed E-state index contributed by atoms with van der Waals surface area (Å²) in [5.74, 6) is 1.75. The first-order chi connectivity index (χ1) is 18.5. The van der Waals surface area contributed by atoms with Gasteiger partial charge >= 0.3 is 6.09 Å². The summed E-state index contributed by atoms with van der Waals surface area (Å²) in [6.07, 6.45) is 9.66. The van der Waals surface area contributed by atoms with E-state index >= 15 is 0 Å². The molecule has 1 unspecified atom stereocenters. The van der Waals surface area contributed by atoms with Crippen LogP contribution in [0.5, 0.6) is 0 Å². The number of halogens is 1. The number of amides is 3. The number of hydrogen-bond acceptors (Lipinski definition) is 4. The number of hydrogen-bond donors (Lipinski definition) is 2. The molecule has 0 aromatic heterocycles. The van der Waals surface area contributed by atoms with E-state index in [0.717, 1.165) is 31.2 Å². The summed E-state index contributed by atoms with van der Waals surface area (Å²) in [6, 6.07) is 11.3. The Bertz CT molecular complexity index is 1150. The summed E-state index contributed by atoms with van der Waals surface area (Å²) in [6.45, 7) is 9.22. The fourth-order valence-electron chi connectivity index (χ4n) is 4.06. The van der Waals surface area contributed by atoms with Crippen LogP contribution in [0.1, 0.15) is 82.5 Å². The molecule has 2 aromatic carbocycles. The van der Waals surface area contributed by atoms with Gasteiger partial charge in [0.2, 0.25) is 5.91 Å². The van der Waals surface area contributed by atoms with Crippen molar-refractivity contribution in [1.82, 2.24) is 10.2 Å². The van der Waals surface area contributed by atoms with E-state index in [2.05, 4.69) is 23.5 Å². The van der Waals surface area contributed by atoms with Crippen LogP contribution in [0.4, 0.5) is 10.5 Å². The van der Waals surface area contributed by atoms with E-state index < -0.39 is 29.6 Å². The number of nitrogens with zero attached hydrogens (tertiary/aromatic N) is 1. The lowest BCUT2D eigenvalue weighted by Crippen LogP contribution is -2.47. The highest BCUT2D eigenvalue weighted by Crippen LogP contribution is 2.29. The Balaban J connectivity index is 2.42. The third kappa shape index (κ3) is 10.3. The van der Waals surface area contributed by atoms with E-state index in [1.807, 2.05) is 13.0 Å². The molecule has 210 valence electrons. The second kappa shape index (κ2) is 15.2. The van der Waals surface area contributed by atoms with Crippen molar-refractivity contribution < 1.29 is 19.1 Å². The van der Waals surface area contributed by atoms with E-state index in [1.54, 1.807) is 57.2 Å². The lowest BCUT2D eigenvalue weighted by Gasteiger charge is -2.32. The van der Waals surface area contributed by atoms with E-state index in [0.29, 0.717) is 34.8 Å². The van der Waals surface area contributed by atoms with E-state index in [4.69, 9.17) is 22.8 Å². The summed E-state index contributed by atoms with van der Waals surface area (Å²) in [7, 11) is 0. The topological polar surface area (TPSA) is 87.7 Å². The Morgan fingerprint density at radius 3 is 2.31 bits per heavy atom.